The van der Waals surface area contributed by atoms with Crippen LogP contribution < -0.4 is 10.6 Å². The van der Waals surface area contributed by atoms with Gasteiger partial charge in [0.1, 0.15) is 0 Å². The molecule has 0 aliphatic carbocycles. The number of guanidine groups is 1. The summed E-state index contributed by atoms with van der Waals surface area (Å²) in [6, 6.07) is 8.82. The van der Waals surface area contributed by atoms with Gasteiger partial charge in [0, 0.05) is 31.7 Å². The summed E-state index contributed by atoms with van der Waals surface area (Å²) in [6.45, 7) is 17.3. The largest absolute Gasteiger partial charge is 0.373 e. The van der Waals surface area contributed by atoms with E-state index >= 15 is 0 Å². The van der Waals surface area contributed by atoms with E-state index in [2.05, 4.69) is 81.3 Å². The number of benzene rings is 1. The van der Waals surface area contributed by atoms with Gasteiger partial charge in [-0.15, -0.1) is 24.0 Å². The van der Waals surface area contributed by atoms with Gasteiger partial charge in [0.05, 0.1) is 18.8 Å². The number of hydrogen-bond acceptors (Lipinski definition) is 3. The number of ether oxygens (including phenoxy) is 1. The second-order valence-electron chi connectivity index (χ2n) is 8.34. The minimum atomic E-state index is -0.00269. The molecule has 0 saturated carbocycles. The minimum Gasteiger partial charge on any atom is -0.373 e. The van der Waals surface area contributed by atoms with E-state index in [0.717, 1.165) is 32.1 Å². The minimum absolute atomic E-state index is 0. The topological polar surface area (TPSA) is 48.9 Å². The van der Waals surface area contributed by atoms with Crippen molar-refractivity contribution >= 4 is 29.9 Å². The van der Waals surface area contributed by atoms with Crippen LogP contribution in [0.4, 0.5) is 0 Å². The second-order valence-corrected chi connectivity index (χ2v) is 8.34. The van der Waals surface area contributed by atoms with Crippen molar-refractivity contribution in [1.29, 1.82) is 0 Å². The van der Waals surface area contributed by atoms with Gasteiger partial charge >= 0.3 is 0 Å². The molecule has 27 heavy (non-hydrogen) atoms. The van der Waals surface area contributed by atoms with Crippen molar-refractivity contribution in [1.82, 2.24) is 15.5 Å². The predicted octanol–water partition coefficient (Wildman–Crippen LogP) is 3.77. The van der Waals surface area contributed by atoms with Gasteiger partial charge in [-0.25, -0.2) is 4.99 Å². The van der Waals surface area contributed by atoms with Crippen molar-refractivity contribution in [2.24, 2.45) is 4.99 Å². The first kappa shape index (κ1) is 24.2. The van der Waals surface area contributed by atoms with Crippen LogP contribution in [0.25, 0.3) is 0 Å². The molecular weight excluding hydrogens is 451 g/mol. The molecule has 1 aromatic rings. The van der Waals surface area contributed by atoms with Crippen molar-refractivity contribution in [2.45, 2.75) is 72.4 Å². The third kappa shape index (κ3) is 9.25. The van der Waals surface area contributed by atoms with Gasteiger partial charge < -0.3 is 15.4 Å². The van der Waals surface area contributed by atoms with E-state index in [-0.39, 0.29) is 29.5 Å². The van der Waals surface area contributed by atoms with Crippen molar-refractivity contribution in [3.63, 3.8) is 0 Å². The zero-order chi connectivity index (χ0) is 19.2. The third-order valence-electron chi connectivity index (χ3n) is 4.18. The molecule has 1 saturated heterocycles. The number of halogens is 1. The summed E-state index contributed by atoms with van der Waals surface area (Å²) in [7, 11) is 0. The summed E-state index contributed by atoms with van der Waals surface area (Å²) in [4.78, 5) is 7.18. The Morgan fingerprint density at radius 3 is 2.19 bits per heavy atom. The number of rotatable bonds is 5. The van der Waals surface area contributed by atoms with Crippen molar-refractivity contribution in [3.05, 3.63) is 35.4 Å². The third-order valence-corrected chi connectivity index (χ3v) is 4.18. The average Bonchev–Trinajstić information content (AvgIpc) is 2.52. The van der Waals surface area contributed by atoms with Crippen LogP contribution in [-0.4, -0.2) is 48.2 Å². The fourth-order valence-corrected chi connectivity index (χ4v) is 3.25. The van der Waals surface area contributed by atoms with Gasteiger partial charge in [-0.1, -0.05) is 24.3 Å². The Bertz CT molecular complexity index is 573. The number of aliphatic imine (C=N–C) groups is 1. The lowest BCUT2D eigenvalue weighted by Crippen LogP contribution is -2.47. The summed E-state index contributed by atoms with van der Waals surface area (Å²) >= 11 is 0. The lowest BCUT2D eigenvalue weighted by atomic mass is 10.1. The fourth-order valence-electron chi connectivity index (χ4n) is 3.25. The molecule has 0 aromatic heterocycles. The second kappa shape index (κ2) is 11.2. The van der Waals surface area contributed by atoms with Crippen molar-refractivity contribution < 1.29 is 4.74 Å². The molecule has 2 atom stereocenters. The smallest absolute Gasteiger partial charge is 0.191 e. The molecule has 2 N–H and O–H groups in total. The Labute approximate surface area is 182 Å². The summed E-state index contributed by atoms with van der Waals surface area (Å²) in [5.74, 6) is 0.861. The molecule has 1 fully saturated rings. The zero-order valence-corrected chi connectivity index (χ0v) is 20.0. The predicted molar refractivity (Wildman–Crippen MR) is 125 cm³/mol. The normalized spacial score (nSPS) is 21.5. The van der Waals surface area contributed by atoms with E-state index in [4.69, 9.17) is 9.73 Å². The van der Waals surface area contributed by atoms with Crippen molar-refractivity contribution in [3.8, 4) is 0 Å². The van der Waals surface area contributed by atoms with E-state index in [1.165, 1.54) is 11.1 Å². The van der Waals surface area contributed by atoms with Gasteiger partial charge in [-0.3, -0.25) is 4.90 Å². The molecule has 154 valence electrons. The molecule has 5 nitrogen and oxygen atoms in total. The van der Waals surface area contributed by atoms with E-state index in [1.54, 1.807) is 0 Å². The number of nitrogens with zero attached hydrogens (tertiary/aromatic N) is 2. The first-order valence-electron chi connectivity index (χ1n) is 9.77. The Kier molecular flexibility index (Phi) is 10.0. The van der Waals surface area contributed by atoms with Crippen molar-refractivity contribution in [2.75, 3.05) is 19.6 Å². The quantitative estimate of drug-likeness (QED) is 0.377. The van der Waals surface area contributed by atoms with Gasteiger partial charge in [0.25, 0.3) is 0 Å². The van der Waals surface area contributed by atoms with Crippen LogP contribution >= 0.6 is 24.0 Å². The first-order valence-corrected chi connectivity index (χ1v) is 9.77. The Morgan fingerprint density at radius 2 is 1.67 bits per heavy atom. The lowest BCUT2D eigenvalue weighted by Gasteiger charge is -2.35. The fraction of sp³-hybridized carbons (Fsp3) is 0.667. The van der Waals surface area contributed by atoms with Crippen LogP contribution in [0.3, 0.4) is 0 Å². The maximum atomic E-state index is 5.81. The molecule has 0 radical (unpaired) electrons. The lowest BCUT2D eigenvalue weighted by molar-refractivity contribution is -0.0704. The van der Waals surface area contributed by atoms with E-state index in [1.807, 2.05) is 0 Å². The van der Waals surface area contributed by atoms with E-state index < -0.39 is 0 Å². The standard InChI is InChI=1S/C21H36N4O.HI/c1-7-22-20(24-21(4,5)6)23-12-18-8-10-19(11-9-18)15-25-13-16(2)26-17(3)14-25;/h8-11,16-17H,7,12-15H2,1-6H3,(H2,22,23,24);1H. The Morgan fingerprint density at radius 1 is 1.11 bits per heavy atom. The van der Waals surface area contributed by atoms with E-state index in [9.17, 15) is 0 Å². The van der Waals surface area contributed by atoms with Gasteiger partial charge in [0.15, 0.2) is 5.96 Å². The molecule has 1 aliphatic heterocycles. The highest BCUT2D eigenvalue weighted by atomic mass is 127. The van der Waals surface area contributed by atoms with E-state index in [0.29, 0.717) is 18.8 Å². The summed E-state index contributed by atoms with van der Waals surface area (Å²) in [5.41, 5.74) is 2.57. The summed E-state index contributed by atoms with van der Waals surface area (Å²) in [5, 5.41) is 6.73. The van der Waals surface area contributed by atoms with Crippen LogP contribution in [0.15, 0.2) is 29.3 Å². The molecule has 0 bridgehead atoms. The molecule has 0 spiro atoms. The average molecular weight is 488 g/mol. The number of nitrogens with one attached hydrogen (secondary N) is 2. The van der Waals surface area contributed by atoms with Gasteiger partial charge in [-0.05, 0) is 52.7 Å². The first-order chi connectivity index (χ1) is 12.2. The summed E-state index contributed by atoms with van der Waals surface area (Å²) in [6.07, 6.45) is 0.624. The number of hydrogen-bond donors (Lipinski definition) is 2. The Hall–Kier alpha value is -0.860. The van der Waals surface area contributed by atoms with Crippen LogP contribution in [-0.2, 0) is 17.8 Å². The highest BCUT2D eigenvalue weighted by Gasteiger charge is 2.21. The highest BCUT2D eigenvalue weighted by molar-refractivity contribution is 14.0. The van der Waals surface area contributed by atoms with Crippen LogP contribution in [0.2, 0.25) is 0 Å². The molecule has 2 rings (SSSR count). The molecule has 1 aliphatic rings. The van der Waals surface area contributed by atoms with Crippen LogP contribution in [0, 0.1) is 0 Å². The molecule has 1 aromatic carbocycles. The molecule has 6 heteroatoms. The molecule has 2 unspecified atom stereocenters. The SMILES string of the molecule is CCNC(=NCc1ccc(CN2CC(C)OC(C)C2)cc1)NC(C)(C)C.I. The van der Waals surface area contributed by atoms with Crippen LogP contribution in [0.5, 0.6) is 0 Å². The monoisotopic (exact) mass is 488 g/mol. The van der Waals surface area contributed by atoms with Gasteiger partial charge in [0.2, 0.25) is 0 Å². The summed E-state index contributed by atoms with van der Waals surface area (Å²) < 4.78 is 5.81. The highest BCUT2D eigenvalue weighted by Crippen LogP contribution is 2.15. The molecule has 0 amide bonds. The maximum Gasteiger partial charge on any atom is 0.191 e. The number of morpholine rings is 1. The van der Waals surface area contributed by atoms with Crippen LogP contribution in [0.1, 0.15) is 52.7 Å². The Balaban J connectivity index is 0.00000364. The maximum absolute atomic E-state index is 5.81. The molecular formula is C21H37IN4O. The van der Waals surface area contributed by atoms with Gasteiger partial charge in [-0.2, -0.15) is 0 Å². The molecule has 1 heterocycles. The zero-order valence-electron chi connectivity index (χ0n) is 17.7.